The molecule has 0 saturated heterocycles. The Morgan fingerprint density at radius 2 is 0.673 bits per heavy atom. The Morgan fingerprint density at radius 3 is 0.925 bits per heavy atom. The van der Waals surface area contributed by atoms with Crippen molar-refractivity contribution in [2.45, 2.75) is 250 Å². The Labute approximate surface area is 713 Å². The summed E-state index contributed by atoms with van der Waals surface area (Å²) in [5, 5.41) is 5.60. The number of unbranched alkanes of at least 4 members (excludes halogenated alkanes) is 6. The van der Waals surface area contributed by atoms with Crippen molar-refractivity contribution >= 4 is 198 Å². The van der Waals surface area contributed by atoms with E-state index in [-0.39, 0.29) is 35.2 Å². The molecule has 0 aliphatic carbocycles. The van der Waals surface area contributed by atoms with Crippen molar-refractivity contribution in [3.05, 3.63) is 29.0 Å². The van der Waals surface area contributed by atoms with Gasteiger partial charge in [-0.15, -0.1) is 0 Å². The first-order valence-electron chi connectivity index (χ1n) is 37.3. The number of thiol groups is 5. The highest BCUT2D eigenvalue weighted by Gasteiger charge is 2.33. The second-order valence-corrected chi connectivity index (χ2v) is 44.0. The van der Waals surface area contributed by atoms with Gasteiger partial charge < -0.3 is 63.6 Å². The molecule has 0 aromatic carbocycles. The van der Waals surface area contributed by atoms with Crippen LogP contribution in [0.25, 0.3) is 0 Å². The monoisotopic (exact) mass is 1770 g/mol. The Hall–Kier alpha value is -0.460. The first-order valence-corrected chi connectivity index (χ1v) is 50.9. The van der Waals surface area contributed by atoms with Gasteiger partial charge in [-0.2, -0.15) is 63.1 Å². The molecule has 0 radical (unpaired) electrons. The molecule has 1 heterocycles. The van der Waals surface area contributed by atoms with Crippen LogP contribution in [-0.4, -0.2) is 235 Å². The third-order valence-corrected chi connectivity index (χ3v) is 27.2. The van der Waals surface area contributed by atoms with Gasteiger partial charge in [0.25, 0.3) is 0 Å². The molecule has 0 atom stereocenters. The molecule has 19 nitrogen and oxygen atoms in total. The molecule has 1 rings (SSSR count). The average molecular weight is 1770 g/mol. The van der Waals surface area contributed by atoms with E-state index in [9.17, 15) is 28.8 Å². The number of carbonyl (C=O) groups is 6. The summed E-state index contributed by atoms with van der Waals surface area (Å²) in [5.74, 6) is 10.8. The van der Waals surface area contributed by atoms with Crippen LogP contribution in [0, 0.1) is 15.5 Å². The fourth-order valence-electron chi connectivity index (χ4n) is 7.89. The van der Waals surface area contributed by atoms with E-state index in [0.717, 1.165) is 94.4 Å². The number of rotatable bonds is 47. The van der Waals surface area contributed by atoms with Crippen molar-refractivity contribution in [3.63, 3.8) is 0 Å². The summed E-state index contributed by atoms with van der Waals surface area (Å²) < 4.78 is 34.3. The van der Waals surface area contributed by atoms with Gasteiger partial charge in [0, 0.05) is 134 Å². The zero-order valence-corrected chi connectivity index (χ0v) is 80.8. The molecule has 630 valence electrons. The lowest BCUT2D eigenvalue weighted by atomic mass is 9.99. The number of pyridine rings is 1. The molecule has 3 N–H and O–H groups in total. The standard InChI is InChI=1S/C53H103N5O10S8.C11H23NO2S.C5H5NS.C5H12S4/c1-18-20-22-23-24-35-69-73-39-53(40-74-70-36-32-56(29-21-19-2)45(61)66-50(9,10)11,41-75-71-37-33-57(46(62)67-51(12,13)14)30-25-27-54-43(59)64-48(3,4)5)42-76-72-38-34-58(47(63)68-52(15,16)17)31-26-28-55-44(60)65-49(6,7)8;1-5-6-7-12(8-9-15)10(13)14-11(2,3)4;7-5-3-1-2-4-6-5;6-1-5(2-7,3-8)4-9/h18-42H2,1-17H3,(H,54,59)(H,55,60);15H,5-9H2,1-4H3;1-4H,(H,6,7);6-9H,1-4H2. The second kappa shape index (κ2) is 62.8. The maximum Gasteiger partial charge on any atom is 0.410 e. The molecule has 0 saturated carbocycles. The number of ether oxygens (including phenoxy) is 6. The lowest BCUT2D eigenvalue weighted by Crippen LogP contribution is -2.40. The first-order chi connectivity index (χ1) is 49.8. The smallest absolute Gasteiger partial charge is 0.410 e. The summed E-state index contributed by atoms with van der Waals surface area (Å²) in [6.45, 7) is 45.2. The number of hydrogen-bond donors (Lipinski definition) is 8. The normalized spacial score (nSPS) is 12.0. The summed E-state index contributed by atoms with van der Waals surface area (Å²) in [6, 6.07) is 5.64. The van der Waals surface area contributed by atoms with Crippen LogP contribution in [0.2, 0.25) is 0 Å². The summed E-state index contributed by atoms with van der Waals surface area (Å²) >= 11 is 25.7. The zero-order chi connectivity index (χ0) is 82.2. The Balaban J connectivity index is -0.00000283. The zero-order valence-electron chi connectivity index (χ0n) is 68.9. The molecule has 0 aliphatic heterocycles. The molecular formula is C74H143N7O12S14. The van der Waals surface area contributed by atoms with E-state index in [1.54, 1.807) is 47.1 Å². The van der Waals surface area contributed by atoms with Gasteiger partial charge in [0.1, 0.15) is 38.2 Å². The molecule has 1 aromatic heterocycles. The van der Waals surface area contributed by atoms with Crippen molar-refractivity contribution in [2.24, 2.45) is 10.8 Å². The van der Waals surface area contributed by atoms with Crippen LogP contribution in [0.3, 0.4) is 0 Å². The SMILES string of the molecule is CCCCCCCSSCC(CSSCCN(CCCC)C(=O)OC(C)(C)C)(CSSCCN(CCCNC(=O)OC(C)(C)C)C(=O)OC(C)(C)C)CSSCCN(CCCNC(=O)OC(C)(C)C)C(=O)OC(C)(C)C.CCCCN(CCS)C(=O)OC(C)(C)C.S=c1cccc[nH]1.SCC(CS)(CS)CS. The molecular weight excluding hydrogens is 1630 g/mol. The Bertz CT molecular complexity index is 2420. The van der Waals surface area contributed by atoms with E-state index >= 15 is 0 Å². The number of H-pyrrole nitrogens is 1. The minimum atomic E-state index is -0.652. The predicted molar refractivity (Wildman–Crippen MR) is 493 cm³/mol. The molecule has 0 spiro atoms. The van der Waals surface area contributed by atoms with Crippen molar-refractivity contribution in [3.8, 4) is 0 Å². The number of aromatic amines is 1. The molecule has 0 aliphatic rings. The number of aromatic nitrogens is 1. The lowest BCUT2D eigenvalue weighted by Gasteiger charge is -2.33. The molecule has 1 aromatic rings. The summed E-state index contributed by atoms with van der Waals surface area (Å²) in [4.78, 5) is 86.3. The highest BCUT2D eigenvalue weighted by atomic mass is 33.1. The number of hydrogen-bond acceptors (Lipinski definition) is 26. The van der Waals surface area contributed by atoms with Gasteiger partial charge in [0.15, 0.2) is 0 Å². The Kier molecular flexibility index (Phi) is 65.0. The van der Waals surface area contributed by atoms with Gasteiger partial charge in [-0.05, 0) is 192 Å². The number of carbonyl (C=O) groups excluding carboxylic acids is 6. The van der Waals surface area contributed by atoms with Crippen molar-refractivity contribution in [1.82, 2.24) is 35.2 Å². The summed E-state index contributed by atoms with van der Waals surface area (Å²) in [6.07, 6.45) is 10.9. The highest BCUT2D eigenvalue weighted by Crippen LogP contribution is 2.45. The molecule has 0 fully saturated rings. The van der Waals surface area contributed by atoms with E-state index in [1.807, 2.05) is 208 Å². The van der Waals surface area contributed by atoms with E-state index in [1.165, 1.54) is 32.1 Å². The minimum absolute atomic E-state index is 0.0870. The number of nitrogens with one attached hydrogen (secondary N) is 3. The Morgan fingerprint density at radius 1 is 0.374 bits per heavy atom. The fourth-order valence-corrected chi connectivity index (χ4v) is 22.1. The van der Waals surface area contributed by atoms with Crippen LogP contribution in [0.4, 0.5) is 28.8 Å². The van der Waals surface area contributed by atoms with Crippen molar-refractivity contribution in [1.29, 1.82) is 0 Å². The molecule has 0 bridgehead atoms. The number of amides is 6. The maximum absolute atomic E-state index is 13.4. The number of alkyl carbamates (subject to hydrolysis) is 2. The quantitative estimate of drug-likeness (QED) is 0.0100. The lowest BCUT2D eigenvalue weighted by molar-refractivity contribution is 0.0248. The topological polar surface area (TPSA) is 211 Å². The molecule has 6 amide bonds. The molecule has 0 unspecified atom stereocenters. The summed E-state index contributed by atoms with van der Waals surface area (Å²) in [7, 11) is 14.8. The van der Waals surface area contributed by atoms with Crippen LogP contribution < -0.4 is 10.6 Å². The summed E-state index contributed by atoms with van der Waals surface area (Å²) in [5.41, 5.74) is -3.46. The predicted octanol–water partition coefficient (Wildman–Crippen LogP) is 22.2. The van der Waals surface area contributed by atoms with Crippen molar-refractivity contribution < 1.29 is 57.2 Å². The third kappa shape index (κ3) is 68.5. The van der Waals surface area contributed by atoms with Gasteiger partial charge >= 0.3 is 36.6 Å². The second-order valence-electron chi connectivity index (χ2n) is 31.5. The van der Waals surface area contributed by atoms with Crippen LogP contribution in [0.1, 0.15) is 216 Å². The van der Waals surface area contributed by atoms with Crippen LogP contribution in [0.15, 0.2) is 24.4 Å². The van der Waals surface area contributed by atoms with E-state index in [0.29, 0.717) is 89.0 Å². The largest absolute Gasteiger partial charge is 0.444 e. The van der Waals surface area contributed by atoms with Crippen molar-refractivity contribution in [2.75, 3.05) is 140 Å². The first kappa shape index (κ1) is 111. The van der Waals surface area contributed by atoms with Gasteiger partial charge in [0.2, 0.25) is 0 Å². The molecule has 33 heteroatoms. The van der Waals surface area contributed by atoms with E-state index in [2.05, 4.69) is 99.5 Å². The highest BCUT2D eigenvalue weighted by molar-refractivity contribution is 8.78. The fraction of sp³-hybridized carbons (Fsp3) is 0.851. The number of nitrogens with zero attached hydrogens (tertiary/aromatic N) is 4. The minimum Gasteiger partial charge on any atom is -0.444 e. The average Bonchev–Trinajstić information content (AvgIpc) is 0.867. The van der Waals surface area contributed by atoms with Gasteiger partial charge in [-0.3, -0.25) is 0 Å². The van der Waals surface area contributed by atoms with Crippen LogP contribution in [0.5, 0.6) is 0 Å². The van der Waals surface area contributed by atoms with Crippen LogP contribution >= 0.6 is 162 Å². The van der Waals surface area contributed by atoms with Gasteiger partial charge in [-0.1, -0.05) is 164 Å². The van der Waals surface area contributed by atoms with Gasteiger partial charge in [-0.25, -0.2) is 28.8 Å². The van der Waals surface area contributed by atoms with Gasteiger partial charge in [0.05, 0.1) is 0 Å². The van der Waals surface area contributed by atoms with E-state index < -0.39 is 45.8 Å². The third-order valence-electron chi connectivity index (χ3n) is 13.6. The maximum atomic E-state index is 13.4. The molecule has 107 heavy (non-hydrogen) atoms. The van der Waals surface area contributed by atoms with E-state index in [4.69, 9.17) is 40.6 Å². The van der Waals surface area contributed by atoms with Crippen LogP contribution in [-0.2, 0) is 28.4 Å².